The lowest BCUT2D eigenvalue weighted by atomic mass is 10.2. The molecule has 0 fully saturated rings. The number of thiazole rings is 1. The average Bonchev–Trinajstić information content (AvgIpc) is 3.04. The predicted molar refractivity (Wildman–Crippen MR) is 114 cm³/mol. The minimum Gasteiger partial charge on any atom is -0.494 e. The van der Waals surface area contributed by atoms with Gasteiger partial charge in [-0.2, -0.15) is 4.99 Å². The van der Waals surface area contributed by atoms with Crippen LogP contribution in [0.3, 0.4) is 0 Å². The summed E-state index contributed by atoms with van der Waals surface area (Å²) in [5.41, 5.74) is 1.99. The summed E-state index contributed by atoms with van der Waals surface area (Å²) < 4.78 is 14.2. The summed E-state index contributed by atoms with van der Waals surface area (Å²) >= 11 is 1.48. The molecular weight excluding hydrogens is 372 g/mol. The molecule has 0 saturated carbocycles. The molecule has 146 valence electrons. The van der Waals surface area contributed by atoms with E-state index in [9.17, 15) is 4.79 Å². The van der Waals surface area contributed by atoms with Crippen molar-refractivity contribution in [1.29, 1.82) is 0 Å². The number of benzene rings is 2. The third-order valence-corrected chi connectivity index (χ3v) is 5.09. The second-order valence-corrected chi connectivity index (χ2v) is 7.00. The maximum atomic E-state index is 12.4. The monoisotopic (exact) mass is 396 g/mol. The molecule has 5 nitrogen and oxygen atoms in total. The highest BCUT2D eigenvalue weighted by Gasteiger charge is 2.09. The Morgan fingerprint density at radius 3 is 2.71 bits per heavy atom. The molecule has 28 heavy (non-hydrogen) atoms. The highest BCUT2D eigenvalue weighted by atomic mass is 32.1. The largest absolute Gasteiger partial charge is 0.494 e. The van der Waals surface area contributed by atoms with E-state index in [0.717, 1.165) is 21.5 Å². The first kappa shape index (κ1) is 20.0. The van der Waals surface area contributed by atoms with Gasteiger partial charge in [-0.25, -0.2) is 0 Å². The highest BCUT2D eigenvalue weighted by molar-refractivity contribution is 7.16. The molecule has 0 radical (unpaired) electrons. The van der Waals surface area contributed by atoms with Gasteiger partial charge in [0.05, 0.1) is 23.4 Å². The Bertz CT molecular complexity index is 1020. The maximum absolute atomic E-state index is 12.4. The van der Waals surface area contributed by atoms with Crippen LogP contribution in [-0.4, -0.2) is 30.3 Å². The van der Waals surface area contributed by atoms with Crippen molar-refractivity contribution in [3.8, 4) is 5.75 Å². The van der Waals surface area contributed by atoms with Crippen LogP contribution in [0.15, 0.2) is 59.6 Å². The first-order valence-electron chi connectivity index (χ1n) is 9.37. The second-order valence-electron chi connectivity index (χ2n) is 5.99. The van der Waals surface area contributed by atoms with Crippen molar-refractivity contribution in [2.24, 2.45) is 4.99 Å². The Morgan fingerprint density at radius 2 is 1.96 bits per heavy atom. The van der Waals surface area contributed by atoms with Gasteiger partial charge in [0, 0.05) is 19.2 Å². The van der Waals surface area contributed by atoms with E-state index in [0.29, 0.717) is 31.2 Å². The van der Waals surface area contributed by atoms with Crippen LogP contribution in [-0.2, 0) is 16.1 Å². The molecule has 0 saturated heterocycles. The van der Waals surface area contributed by atoms with Crippen LogP contribution in [0.1, 0.15) is 19.4 Å². The lowest BCUT2D eigenvalue weighted by Gasteiger charge is -2.06. The summed E-state index contributed by atoms with van der Waals surface area (Å²) in [5, 5.41) is 0. The summed E-state index contributed by atoms with van der Waals surface area (Å²) in [6, 6.07) is 15.6. The zero-order valence-electron chi connectivity index (χ0n) is 16.1. The van der Waals surface area contributed by atoms with Gasteiger partial charge in [0.15, 0.2) is 4.80 Å². The molecule has 0 bridgehead atoms. The fourth-order valence-corrected chi connectivity index (χ4v) is 3.86. The van der Waals surface area contributed by atoms with Gasteiger partial charge in [0.1, 0.15) is 5.75 Å². The van der Waals surface area contributed by atoms with Crippen LogP contribution in [0.2, 0.25) is 0 Å². The Labute approximate surface area is 168 Å². The van der Waals surface area contributed by atoms with E-state index < -0.39 is 0 Å². The first-order valence-corrected chi connectivity index (χ1v) is 10.2. The SMILES string of the molecule is CCOCCn1c(=NC(=O)/C=C/c2ccccc2)sc2cc(OCC)ccc21. The van der Waals surface area contributed by atoms with Crippen molar-refractivity contribution in [2.45, 2.75) is 20.4 Å². The standard InChI is InChI=1S/C22H24N2O3S/c1-3-26-15-14-24-19-12-11-18(27-4-2)16-20(19)28-22(24)23-21(25)13-10-17-8-6-5-7-9-17/h5-13,16H,3-4,14-15H2,1-2H3/b13-10+,23-22?. The number of rotatable bonds is 8. The molecule has 6 heteroatoms. The van der Waals surface area contributed by atoms with E-state index in [-0.39, 0.29) is 5.91 Å². The quantitative estimate of drug-likeness (QED) is 0.422. The van der Waals surface area contributed by atoms with Gasteiger partial charge in [0.25, 0.3) is 5.91 Å². The summed E-state index contributed by atoms with van der Waals surface area (Å²) in [4.78, 5) is 17.4. The van der Waals surface area contributed by atoms with Crippen molar-refractivity contribution in [3.05, 3.63) is 65.0 Å². The first-order chi connectivity index (χ1) is 13.7. The van der Waals surface area contributed by atoms with Crippen LogP contribution in [0.25, 0.3) is 16.3 Å². The summed E-state index contributed by atoms with van der Waals surface area (Å²) in [6.07, 6.45) is 3.27. The number of fused-ring (bicyclic) bond motifs is 1. The number of amides is 1. The predicted octanol–water partition coefficient (Wildman–Crippen LogP) is 4.28. The Morgan fingerprint density at radius 1 is 1.14 bits per heavy atom. The molecular formula is C22H24N2O3S. The average molecular weight is 397 g/mol. The minimum atomic E-state index is -0.286. The molecule has 0 aliphatic rings. The van der Waals surface area contributed by atoms with E-state index in [1.54, 1.807) is 6.08 Å². The fraction of sp³-hybridized carbons (Fsp3) is 0.273. The Hall–Kier alpha value is -2.70. The topological polar surface area (TPSA) is 52.8 Å². The smallest absolute Gasteiger partial charge is 0.272 e. The van der Waals surface area contributed by atoms with Crippen molar-refractivity contribution >= 4 is 33.5 Å². The summed E-state index contributed by atoms with van der Waals surface area (Å²) in [5.74, 6) is 0.528. The van der Waals surface area contributed by atoms with Crippen LogP contribution in [0.4, 0.5) is 0 Å². The lowest BCUT2D eigenvalue weighted by Crippen LogP contribution is -2.19. The van der Waals surface area contributed by atoms with Gasteiger partial charge in [0.2, 0.25) is 0 Å². The van der Waals surface area contributed by atoms with E-state index in [2.05, 4.69) is 4.99 Å². The molecule has 0 unspecified atom stereocenters. The van der Waals surface area contributed by atoms with E-state index in [1.807, 2.05) is 66.9 Å². The third-order valence-electron chi connectivity index (χ3n) is 4.05. The van der Waals surface area contributed by atoms with Crippen LogP contribution < -0.4 is 9.54 Å². The fourth-order valence-electron chi connectivity index (χ4n) is 2.77. The van der Waals surface area contributed by atoms with Gasteiger partial charge in [-0.1, -0.05) is 41.7 Å². The van der Waals surface area contributed by atoms with Crippen molar-refractivity contribution in [2.75, 3.05) is 19.8 Å². The highest BCUT2D eigenvalue weighted by Crippen LogP contribution is 2.23. The zero-order valence-corrected chi connectivity index (χ0v) is 16.9. The van der Waals surface area contributed by atoms with E-state index in [1.165, 1.54) is 17.4 Å². The molecule has 3 aromatic rings. The number of aromatic nitrogens is 1. The molecule has 0 N–H and O–H groups in total. The van der Waals surface area contributed by atoms with Gasteiger partial charge in [-0.3, -0.25) is 4.79 Å². The Kier molecular flexibility index (Phi) is 7.17. The number of carbonyl (C=O) groups is 1. The maximum Gasteiger partial charge on any atom is 0.272 e. The lowest BCUT2D eigenvalue weighted by molar-refractivity contribution is -0.113. The van der Waals surface area contributed by atoms with Crippen molar-refractivity contribution < 1.29 is 14.3 Å². The molecule has 0 atom stereocenters. The summed E-state index contributed by atoms with van der Waals surface area (Å²) in [6.45, 7) is 6.39. The molecule has 0 aliphatic carbocycles. The Balaban J connectivity index is 1.94. The number of carbonyl (C=O) groups excluding carboxylic acids is 1. The van der Waals surface area contributed by atoms with Crippen molar-refractivity contribution in [1.82, 2.24) is 4.57 Å². The van der Waals surface area contributed by atoms with Crippen molar-refractivity contribution in [3.63, 3.8) is 0 Å². The van der Waals surface area contributed by atoms with Gasteiger partial charge < -0.3 is 14.0 Å². The zero-order chi connectivity index (χ0) is 19.8. The van der Waals surface area contributed by atoms with E-state index >= 15 is 0 Å². The third kappa shape index (κ3) is 5.18. The summed E-state index contributed by atoms with van der Waals surface area (Å²) in [7, 11) is 0. The number of nitrogens with zero attached hydrogens (tertiary/aromatic N) is 2. The molecule has 1 heterocycles. The van der Waals surface area contributed by atoms with Crippen LogP contribution in [0, 0.1) is 0 Å². The van der Waals surface area contributed by atoms with Gasteiger partial charge >= 0.3 is 0 Å². The van der Waals surface area contributed by atoms with E-state index in [4.69, 9.17) is 9.47 Å². The molecule has 1 aromatic heterocycles. The number of hydrogen-bond acceptors (Lipinski definition) is 4. The second kappa shape index (κ2) is 10.0. The molecule has 3 rings (SSSR count). The molecule has 2 aromatic carbocycles. The van der Waals surface area contributed by atoms with Crippen LogP contribution in [0.5, 0.6) is 5.75 Å². The van der Waals surface area contributed by atoms with Crippen LogP contribution >= 0.6 is 11.3 Å². The molecule has 0 aliphatic heterocycles. The molecule has 0 spiro atoms. The normalized spacial score (nSPS) is 12.1. The van der Waals surface area contributed by atoms with Gasteiger partial charge in [-0.05, 0) is 43.7 Å². The molecule has 1 amide bonds. The minimum absolute atomic E-state index is 0.286. The van der Waals surface area contributed by atoms with Gasteiger partial charge in [-0.15, -0.1) is 0 Å². The number of ether oxygens (including phenoxy) is 2. The number of hydrogen-bond donors (Lipinski definition) is 0.